The summed E-state index contributed by atoms with van der Waals surface area (Å²) in [7, 11) is 1.89. The largest absolute Gasteiger partial charge is 0.349 e. The highest BCUT2D eigenvalue weighted by molar-refractivity contribution is 7.96. The van der Waals surface area contributed by atoms with E-state index in [1.54, 1.807) is 18.1 Å². The number of nitrogens with one attached hydrogen (secondary N) is 2. The van der Waals surface area contributed by atoms with Crippen molar-refractivity contribution in [1.82, 2.24) is 19.6 Å². The third-order valence-corrected chi connectivity index (χ3v) is 6.26. The minimum Gasteiger partial charge on any atom is -0.349 e. The minimum atomic E-state index is 0.171. The average molecular weight is 388 g/mol. The number of H-pyrrole nitrogens is 1. The van der Waals surface area contributed by atoms with Gasteiger partial charge in [0.05, 0.1) is 17.9 Å². The van der Waals surface area contributed by atoms with Crippen LogP contribution < -0.4 is 9.62 Å². The second-order valence-corrected chi connectivity index (χ2v) is 8.39. The molecule has 1 amide bonds. The van der Waals surface area contributed by atoms with Crippen molar-refractivity contribution in [3.63, 3.8) is 0 Å². The number of carbonyl (C=O) groups excluding carboxylic acids is 1. The van der Waals surface area contributed by atoms with Crippen LogP contribution in [0.1, 0.15) is 55.3 Å². The second-order valence-electron chi connectivity index (χ2n) is 7.58. The number of pyridine rings is 1. The van der Waals surface area contributed by atoms with Crippen LogP contribution in [0.5, 0.6) is 0 Å². The smallest absolute Gasteiger partial charge is 0.259 e. The summed E-state index contributed by atoms with van der Waals surface area (Å²) in [4.78, 5) is 25.2. The maximum Gasteiger partial charge on any atom is 0.259 e. The van der Waals surface area contributed by atoms with E-state index in [-0.39, 0.29) is 5.91 Å². The molecule has 0 atom stereocenters. The van der Waals surface area contributed by atoms with Gasteiger partial charge < -0.3 is 14.8 Å². The lowest BCUT2D eigenvalue weighted by Gasteiger charge is -2.44. The van der Waals surface area contributed by atoms with Gasteiger partial charge in [-0.15, -0.1) is 0 Å². The normalized spacial score (nSPS) is 20.4. The van der Waals surface area contributed by atoms with E-state index in [4.69, 9.17) is 0 Å². The van der Waals surface area contributed by atoms with Crippen molar-refractivity contribution < 1.29 is 4.79 Å². The molecule has 0 unspecified atom stereocenters. The standard InChI is InChI=1S/C18H22N4O.C2H7NS/c23-18-15-10-20-17-14(8-9-19-17)16(15)21(11-22(18)13-6-7-13)12-4-2-1-3-5-12;1-3-4-2/h8-10,12-13H,1-7,11H2,(H,19,20);3H,1-2H3. The lowest BCUT2D eigenvalue weighted by atomic mass is 9.92. The number of amides is 1. The van der Waals surface area contributed by atoms with Crippen molar-refractivity contribution in [1.29, 1.82) is 0 Å². The molecular formula is C20H29N5OS. The second kappa shape index (κ2) is 8.10. The van der Waals surface area contributed by atoms with Gasteiger partial charge in [-0.05, 0) is 45.1 Å². The van der Waals surface area contributed by atoms with Gasteiger partial charge in [-0.25, -0.2) is 4.98 Å². The summed E-state index contributed by atoms with van der Waals surface area (Å²) in [5.74, 6) is 0.171. The van der Waals surface area contributed by atoms with E-state index in [0.29, 0.717) is 12.1 Å². The average Bonchev–Trinajstić information content (AvgIpc) is 3.45. The van der Waals surface area contributed by atoms with Crippen molar-refractivity contribution in [2.45, 2.75) is 57.0 Å². The molecule has 5 rings (SSSR count). The number of hydrogen-bond acceptors (Lipinski definition) is 5. The molecule has 0 aromatic carbocycles. The number of aromatic nitrogens is 2. The summed E-state index contributed by atoms with van der Waals surface area (Å²) in [5, 5.41) is 1.09. The first-order chi connectivity index (χ1) is 13.2. The van der Waals surface area contributed by atoms with Crippen LogP contribution in [0.15, 0.2) is 18.5 Å². The molecule has 3 aliphatic rings. The Morgan fingerprint density at radius 2 is 1.85 bits per heavy atom. The Bertz CT molecular complexity index is 795. The van der Waals surface area contributed by atoms with Crippen LogP contribution >= 0.6 is 11.9 Å². The molecule has 146 valence electrons. The van der Waals surface area contributed by atoms with E-state index in [1.807, 2.05) is 19.5 Å². The summed E-state index contributed by atoms with van der Waals surface area (Å²) < 4.78 is 2.85. The number of nitrogens with zero attached hydrogens (tertiary/aromatic N) is 3. The fourth-order valence-electron chi connectivity index (χ4n) is 4.27. The Labute approximate surface area is 165 Å². The summed E-state index contributed by atoms with van der Waals surface area (Å²) in [5.41, 5.74) is 2.79. The van der Waals surface area contributed by atoms with Gasteiger partial charge in [-0.2, -0.15) is 0 Å². The van der Waals surface area contributed by atoms with Crippen molar-refractivity contribution in [3.8, 4) is 0 Å². The van der Waals surface area contributed by atoms with E-state index in [0.717, 1.165) is 41.8 Å². The molecule has 2 aromatic heterocycles. The van der Waals surface area contributed by atoms with Crippen LogP contribution in [-0.2, 0) is 0 Å². The van der Waals surface area contributed by atoms with E-state index in [1.165, 1.54) is 32.1 Å². The van der Waals surface area contributed by atoms with Gasteiger partial charge in [0.1, 0.15) is 5.65 Å². The van der Waals surface area contributed by atoms with E-state index >= 15 is 0 Å². The number of carbonyl (C=O) groups is 1. The zero-order valence-corrected chi connectivity index (χ0v) is 17.0. The van der Waals surface area contributed by atoms with Crippen molar-refractivity contribution >= 4 is 34.6 Å². The Balaban J connectivity index is 0.000000413. The van der Waals surface area contributed by atoms with Gasteiger partial charge in [0.25, 0.3) is 5.91 Å². The summed E-state index contributed by atoms with van der Waals surface area (Å²) in [6.45, 7) is 0.755. The molecule has 2 fully saturated rings. The molecule has 0 saturated heterocycles. The van der Waals surface area contributed by atoms with Crippen molar-refractivity contribution in [2.75, 3.05) is 24.9 Å². The molecule has 6 nitrogen and oxygen atoms in total. The molecule has 2 aliphatic carbocycles. The van der Waals surface area contributed by atoms with Crippen LogP contribution in [0.25, 0.3) is 11.0 Å². The number of anilines is 1. The first-order valence-corrected chi connectivity index (χ1v) is 11.2. The molecule has 7 heteroatoms. The molecule has 3 heterocycles. The van der Waals surface area contributed by atoms with Crippen LogP contribution in [0.4, 0.5) is 5.69 Å². The summed E-state index contributed by atoms with van der Waals surface area (Å²) in [6.07, 6.45) is 14.4. The SMILES string of the molecule is CNSC.O=C1c2cnc3[nH]ccc3c2N(C2CCCCC2)CN1C1CC1. The summed E-state index contributed by atoms with van der Waals surface area (Å²) in [6, 6.07) is 3.07. The monoisotopic (exact) mass is 387 g/mol. The van der Waals surface area contributed by atoms with Crippen LogP contribution in [0, 0.1) is 0 Å². The van der Waals surface area contributed by atoms with Gasteiger partial charge in [-0.1, -0.05) is 31.2 Å². The van der Waals surface area contributed by atoms with Crippen LogP contribution in [0.2, 0.25) is 0 Å². The molecular weight excluding hydrogens is 358 g/mol. The molecule has 0 radical (unpaired) electrons. The van der Waals surface area contributed by atoms with Crippen LogP contribution in [-0.4, -0.2) is 52.8 Å². The molecule has 2 N–H and O–H groups in total. The highest BCUT2D eigenvalue weighted by atomic mass is 32.2. The maximum absolute atomic E-state index is 12.9. The predicted octanol–water partition coefficient (Wildman–Crippen LogP) is 3.76. The Kier molecular flexibility index (Phi) is 5.59. The quantitative estimate of drug-likeness (QED) is 0.785. The highest BCUT2D eigenvalue weighted by Gasteiger charge is 2.41. The molecule has 2 aromatic rings. The Morgan fingerprint density at radius 3 is 2.52 bits per heavy atom. The topological polar surface area (TPSA) is 64.3 Å². The van der Waals surface area contributed by atoms with Crippen molar-refractivity contribution in [3.05, 3.63) is 24.0 Å². The Morgan fingerprint density at radius 1 is 1.15 bits per heavy atom. The fraction of sp³-hybridized carbons (Fsp3) is 0.600. The number of hydrogen-bond donors (Lipinski definition) is 2. The molecule has 0 bridgehead atoms. The zero-order valence-electron chi connectivity index (χ0n) is 16.2. The first kappa shape index (κ1) is 18.6. The summed E-state index contributed by atoms with van der Waals surface area (Å²) >= 11 is 1.61. The number of fused-ring (bicyclic) bond motifs is 3. The fourth-order valence-corrected chi connectivity index (χ4v) is 4.27. The lowest BCUT2D eigenvalue weighted by Crippen LogP contribution is -2.52. The van der Waals surface area contributed by atoms with Gasteiger partial charge in [0.2, 0.25) is 0 Å². The lowest BCUT2D eigenvalue weighted by molar-refractivity contribution is 0.0720. The highest BCUT2D eigenvalue weighted by Crippen LogP contribution is 2.40. The third kappa shape index (κ3) is 3.67. The predicted molar refractivity (Wildman–Crippen MR) is 112 cm³/mol. The van der Waals surface area contributed by atoms with E-state index in [2.05, 4.69) is 30.6 Å². The molecule has 27 heavy (non-hydrogen) atoms. The number of rotatable bonds is 3. The van der Waals surface area contributed by atoms with Gasteiger partial charge in [0, 0.05) is 29.9 Å². The third-order valence-electron chi connectivity index (χ3n) is 5.85. The van der Waals surface area contributed by atoms with Crippen molar-refractivity contribution in [2.24, 2.45) is 0 Å². The van der Waals surface area contributed by atoms with Gasteiger partial charge >= 0.3 is 0 Å². The number of aromatic amines is 1. The minimum absolute atomic E-state index is 0.171. The zero-order chi connectivity index (χ0) is 18.8. The van der Waals surface area contributed by atoms with Gasteiger partial charge in [0.15, 0.2) is 0 Å². The molecule has 2 saturated carbocycles. The molecule has 1 aliphatic heterocycles. The van der Waals surface area contributed by atoms with Gasteiger partial charge in [-0.3, -0.25) is 9.52 Å². The Hall–Kier alpha value is -1.73. The van der Waals surface area contributed by atoms with E-state index < -0.39 is 0 Å². The first-order valence-electron chi connectivity index (χ1n) is 9.98. The van der Waals surface area contributed by atoms with E-state index in [9.17, 15) is 4.79 Å². The maximum atomic E-state index is 12.9. The van der Waals surface area contributed by atoms with Crippen LogP contribution in [0.3, 0.4) is 0 Å². The molecule has 0 spiro atoms.